The molecule has 3 aromatic rings. The number of piperidine rings is 1. The first-order chi connectivity index (χ1) is 12.2. The van der Waals surface area contributed by atoms with Crippen LogP contribution < -0.4 is 5.32 Å². The third-order valence-electron chi connectivity index (χ3n) is 4.78. The molecule has 4 nitrogen and oxygen atoms in total. The second kappa shape index (κ2) is 6.98. The number of likely N-dealkylation sites (tertiary alicyclic amines) is 1. The van der Waals surface area contributed by atoms with Crippen LogP contribution in [-0.4, -0.2) is 41.3 Å². The summed E-state index contributed by atoms with van der Waals surface area (Å²) in [6.07, 6.45) is 2.36. The minimum atomic E-state index is 0.405. The van der Waals surface area contributed by atoms with E-state index >= 15 is 0 Å². The molecule has 0 amide bonds. The van der Waals surface area contributed by atoms with Gasteiger partial charge in [0.25, 0.3) is 0 Å². The zero-order valence-electron chi connectivity index (χ0n) is 14.2. The first kappa shape index (κ1) is 16.3. The van der Waals surface area contributed by atoms with Crippen molar-refractivity contribution in [3.05, 3.63) is 53.6 Å². The van der Waals surface area contributed by atoms with Crippen molar-refractivity contribution in [1.82, 2.24) is 15.1 Å². The Bertz CT molecular complexity index is 896. The maximum Gasteiger partial charge on any atom is 0.156 e. The van der Waals surface area contributed by atoms with Crippen LogP contribution >= 0.6 is 11.6 Å². The van der Waals surface area contributed by atoms with Crippen LogP contribution in [0.1, 0.15) is 12.8 Å². The Morgan fingerprint density at radius 2 is 1.80 bits per heavy atom. The summed E-state index contributed by atoms with van der Waals surface area (Å²) >= 11 is 6.38. The number of fused-ring (bicyclic) bond motifs is 1. The minimum Gasteiger partial charge on any atom is -0.364 e. The average Bonchev–Trinajstić information content (AvgIpc) is 2.63. The quantitative estimate of drug-likeness (QED) is 0.755. The first-order valence-electron chi connectivity index (χ1n) is 8.68. The van der Waals surface area contributed by atoms with E-state index in [2.05, 4.69) is 39.6 Å². The molecule has 1 N–H and O–H groups in total. The van der Waals surface area contributed by atoms with Gasteiger partial charge in [0.1, 0.15) is 5.69 Å². The molecule has 1 aliphatic rings. The van der Waals surface area contributed by atoms with E-state index in [1.165, 1.54) is 6.42 Å². The largest absolute Gasteiger partial charge is 0.364 e. The molecule has 1 saturated heterocycles. The normalized spacial score (nSPS) is 18.4. The molecular formula is C20H21ClN4. The SMILES string of the molecule is CN1CCCC(Nc2nnc(-c3ccccc3Cl)c3ccccc23)C1. The number of rotatable bonds is 3. The third-order valence-corrected chi connectivity index (χ3v) is 5.11. The van der Waals surface area contributed by atoms with Gasteiger partial charge in [0.05, 0.1) is 5.02 Å². The van der Waals surface area contributed by atoms with Crippen molar-refractivity contribution < 1.29 is 0 Å². The number of likely N-dealkylation sites (N-methyl/N-ethyl adjacent to an activating group) is 1. The molecule has 2 heterocycles. The predicted molar refractivity (Wildman–Crippen MR) is 104 cm³/mol. The second-order valence-electron chi connectivity index (χ2n) is 6.67. The van der Waals surface area contributed by atoms with Crippen LogP contribution in [0.25, 0.3) is 22.0 Å². The van der Waals surface area contributed by atoms with Crippen molar-refractivity contribution in [2.24, 2.45) is 0 Å². The summed E-state index contributed by atoms with van der Waals surface area (Å²) in [5.41, 5.74) is 1.74. The molecule has 0 saturated carbocycles. The van der Waals surface area contributed by atoms with Crippen molar-refractivity contribution in [1.29, 1.82) is 0 Å². The number of benzene rings is 2. The van der Waals surface area contributed by atoms with Gasteiger partial charge >= 0.3 is 0 Å². The molecule has 0 radical (unpaired) electrons. The van der Waals surface area contributed by atoms with Crippen LogP contribution in [0.5, 0.6) is 0 Å². The summed E-state index contributed by atoms with van der Waals surface area (Å²) in [6, 6.07) is 16.4. The molecule has 1 atom stereocenters. The summed E-state index contributed by atoms with van der Waals surface area (Å²) in [4.78, 5) is 2.36. The van der Waals surface area contributed by atoms with Gasteiger partial charge in [-0.15, -0.1) is 10.2 Å². The van der Waals surface area contributed by atoms with E-state index in [9.17, 15) is 0 Å². The topological polar surface area (TPSA) is 41.0 Å². The van der Waals surface area contributed by atoms with Crippen LogP contribution in [0.2, 0.25) is 5.02 Å². The van der Waals surface area contributed by atoms with Gasteiger partial charge in [0, 0.05) is 28.9 Å². The average molecular weight is 353 g/mol. The summed E-state index contributed by atoms with van der Waals surface area (Å²) in [5, 5.41) is 15.5. The molecule has 0 aliphatic carbocycles. The maximum absolute atomic E-state index is 6.38. The lowest BCUT2D eigenvalue weighted by molar-refractivity contribution is 0.261. The molecule has 5 heteroatoms. The van der Waals surface area contributed by atoms with E-state index in [0.29, 0.717) is 11.1 Å². The van der Waals surface area contributed by atoms with Gasteiger partial charge < -0.3 is 10.2 Å². The first-order valence-corrected chi connectivity index (χ1v) is 9.05. The van der Waals surface area contributed by atoms with Crippen molar-refractivity contribution in [2.45, 2.75) is 18.9 Å². The second-order valence-corrected chi connectivity index (χ2v) is 7.08. The van der Waals surface area contributed by atoms with E-state index in [1.807, 2.05) is 36.4 Å². The molecule has 0 bridgehead atoms. The van der Waals surface area contributed by atoms with E-state index in [0.717, 1.165) is 47.4 Å². The van der Waals surface area contributed by atoms with Gasteiger partial charge in [-0.3, -0.25) is 0 Å². The summed E-state index contributed by atoms with van der Waals surface area (Å²) in [6.45, 7) is 2.19. The fraction of sp³-hybridized carbons (Fsp3) is 0.300. The number of hydrogen-bond acceptors (Lipinski definition) is 4. The molecule has 128 valence electrons. The lowest BCUT2D eigenvalue weighted by Crippen LogP contribution is -2.40. The monoisotopic (exact) mass is 352 g/mol. The highest BCUT2D eigenvalue weighted by Crippen LogP contribution is 2.33. The standard InChI is InChI=1S/C20H21ClN4/c1-25-12-6-7-14(13-25)22-20-16-9-3-2-8-15(16)19(23-24-20)17-10-4-5-11-18(17)21/h2-5,8-11,14H,6-7,12-13H2,1H3,(H,22,24). The Hall–Kier alpha value is -2.17. The van der Waals surface area contributed by atoms with Crippen LogP contribution in [0.4, 0.5) is 5.82 Å². The van der Waals surface area contributed by atoms with Gasteiger partial charge in [-0.25, -0.2) is 0 Å². The zero-order chi connectivity index (χ0) is 17.2. The number of hydrogen-bond donors (Lipinski definition) is 1. The van der Waals surface area contributed by atoms with Crippen molar-refractivity contribution in [2.75, 3.05) is 25.5 Å². The predicted octanol–water partition coefficient (Wildman–Crippen LogP) is 4.46. The number of nitrogens with zero attached hydrogens (tertiary/aromatic N) is 3. The lowest BCUT2D eigenvalue weighted by Gasteiger charge is -2.30. The van der Waals surface area contributed by atoms with Crippen LogP contribution in [0, 0.1) is 0 Å². The van der Waals surface area contributed by atoms with Crippen molar-refractivity contribution in [3.8, 4) is 11.3 Å². The van der Waals surface area contributed by atoms with Crippen molar-refractivity contribution in [3.63, 3.8) is 0 Å². The zero-order valence-corrected chi connectivity index (χ0v) is 15.0. The number of anilines is 1. The lowest BCUT2D eigenvalue weighted by atomic mass is 10.0. The fourth-order valence-electron chi connectivity index (χ4n) is 3.54. The van der Waals surface area contributed by atoms with E-state index < -0.39 is 0 Å². The molecule has 1 aromatic heterocycles. The molecule has 0 spiro atoms. The number of aromatic nitrogens is 2. The highest BCUT2D eigenvalue weighted by atomic mass is 35.5. The highest BCUT2D eigenvalue weighted by Gasteiger charge is 2.19. The van der Waals surface area contributed by atoms with E-state index in [1.54, 1.807) is 0 Å². The van der Waals surface area contributed by atoms with Gasteiger partial charge in [-0.2, -0.15) is 0 Å². The Morgan fingerprint density at radius 1 is 1.04 bits per heavy atom. The number of nitrogens with one attached hydrogen (secondary N) is 1. The van der Waals surface area contributed by atoms with E-state index in [-0.39, 0.29) is 0 Å². The third kappa shape index (κ3) is 3.32. The van der Waals surface area contributed by atoms with Crippen LogP contribution in [-0.2, 0) is 0 Å². The molecule has 1 aliphatic heterocycles. The molecule has 2 aromatic carbocycles. The smallest absolute Gasteiger partial charge is 0.156 e. The Balaban J connectivity index is 1.76. The molecule has 25 heavy (non-hydrogen) atoms. The van der Waals surface area contributed by atoms with Gasteiger partial charge in [-0.05, 0) is 32.5 Å². The minimum absolute atomic E-state index is 0.405. The fourth-order valence-corrected chi connectivity index (χ4v) is 3.77. The van der Waals surface area contributed by atoms with Crippen LogP contribution in [0.15, 0.2) is 48.5 Å². The number of halogens is 1. The highest BCUT2D eigenvalue weighted by molar-refractivity contribution is 6.33. The molecule has 4 rings (SSSR count). The summed E-state index contributed by atoms with van der Waals surface area (Å²) < 4.78 is 0. The van der Waals surface area contributed by atoms with Gasteiger partial charge in [0.2, 0.25) is 0 Å². The van der Waals surface area contributed by atoms with Crippen molar-refractivity contribution >= 4 is 28.2 Å². The molecule has 1 fully saturated rings. The summed E-state index contributed by atoms with van der Waals surface area (Å²) in [7, 11) is 2.16. The Labute approximate surface area is 152 Å². The van der Waals surface area contributed by atoms with Crippen LogP contribution in [0.3, 0.4) is 0 Å². The summed E-state index contributed by atoms with van der Waals surface area (Å²) in [5.74, 6) is 0.853. The van der Waals surface area contributed by atoms with E-state index in [4.69, 9.17) is 11.6 Å². The molecular weight excluding hydrogens is 332 g/mol. The van der Waals surface area contributed by atoms with Gasteiger partial charge in [-0.1, -0.05) is 54.1 Å². The molecule has 1 unspecified atom stereocenters. The maximum atomic E-state index is 6.38. The van der Waals surface area contributed by atoms with Gasteiger partial charge in [0.15, 0.2) is 5.82 Å². The Morgan fingerprint density at radius 3 is 2.60 bits per heavy atom. The Kier molecular flexibility index (Phi) is 4.55.